The van der Waals surface area contributed by atoms with Crippen LogP contribution in [0.5, 0.6) is 0 Å². The van der Waals surface area contributed by atoms with E-state index in [4.69, 9.17) is 11.5 Å². The molecule has 1 rings (SSSR count). The zero-order valence-electron chi connectivity index (χ0n) is 9.07. The Labute approximate surface area is 94.0 Å². The molecule has 0 atom stereocenters. The summed E-state index contributed by atoms with van der Waals surface area (Å²) in [6.45, 7) is 5.12. The molecule has 0 amide bonds. The number of rotatable bonds is 3. The average molecular weight is 219 g/mol. The maximum Gasteiger partial charge on any atom is 0.132 e. The van der Waals surface area contributed by atoms with Crippen molar-refractivity contribution >= 4 is 12.4 Å². The van der Waals surface area contributed by atoms with E-state index < -0.39 is 5.82 Å². The number of aliphatic imine (C=N–C) groups is 1. The SMILES string of the molecule is C=N/C(=C(N)\C(N)=C/C)c1ccccc1F. The van der Waals surface area contributed by atoms with Gasteiger partial charge in [0.25, 0.3) is 0 Å². The monoisotopic (exact) mass is 219 g/mol. The zero-order chi connectivity index (χ0) is 12.1. The lowest BCUT2D eigenvalue weighted by Crippen LogP contribution is -2.11. The first kappa shape index (κ1) is 12.0. The fourth-order valence-electron chi connectivity index (χ4n) is 1.26. The molecule has 0 aliphatic rings. The van der Waals surface area contributed by atoms with Crippen LogP contribution in [0.1, 0.15) is 12.5 Å². The van der Waals surface area contributed by atoms with Crippen molar-refractivity contribution in [2.45, 2.75) is 6.92 Å². The lowest BCUT2D eigenvalue weighted by molar-refractivity contribution is 0.623. The maximum absolute atomic E-state index is 13.5. The first-order valence-corrected chi connectivity index (χ1v) is 4.75. The molecule has 0 spiro atoms. The molecular formula is C12H14FN3. The van der Waals surface area contributed by atoms with E-state index in [0.717, 1.165) is 0 Å². The quantitative estimate of drug-likeness (QED) is 0.603. The van der Waals surface area contributed by atoms with Gasteiger partial charge in [-0.25, -0.2) is 4.39 Å². The van der Waals surface area contributed by atoms with Crippen molar-refractivity contribution in [2.75, 3.05) is 0 Å². The molecule has 0 aliphatic heterocycles. The Hall–Kier alpha value is -2.10. The molecule has 84 valence electrons. The molecule has 0 aromatic heterocycles. The first-order valence-electron chi connectivity index (χ1n) is 4.75. The molecule has 0 bridgehead atoms. The van der Waals surface area contributed by atoms with Crippen molar-refractivity contribution in [2.24, 2.45) is 16.5 Å². The highest BCUT2D eigenvalue weighted by molar-refractivity contribution is 5.73. The number of hydrogen-bond acceptors (Lipinski definition) is 3. The molecule has 0 heterocycles. The van der Waals surface area contributed by atoms with Crippen LogP contribution in [0.25, 0.3) is 5.70 Å². The van der Waals surface area contributed by atoms with Crippen LogP contribution in [0.4, 0.5) is 4.39 Å². The number of benzene rings is 1. The fraction of sp³-hybridized carbons (Fsp3) is 0.0833. The minimum Gasteiger partial charge on any atom is -0.397 e. The summed E-state index contributed by atoms with van der Waals surface area (Å²) in [7, 11) is 0. The minimum atomic E-state index is -0.406. The summed E-state index contributed by atoms with van der Waals surface area (Å²) in [5, 5.41) is 0. The Morgan fingerprint density at radius 3 is 2.50 bits per heavy atom. The van der Waals surface area contributed by atoms with Gasteiger partial charge in [0.1, 0.15) is 5.82 Å². The van der Waals surface area contributed by atoms with E-state index in [0.29, 0.717) is 11.3 Å². The van der Waals surface area contributed by atoms with Gasteiger partial charge < -0.3 is 11.5 Å². The van der Waals surface area contributed by atoms with Crippen LogP contribution in [0.15, 0.2) is 46.7 Å². The standard InChI is InChI=1S/C12H14FN3/c1-3-10(14)11(15)12(16-2)8-6-4-5-7-9(8)13/h3-7H,2,14-15H2,1H3/b10-3+,12-11+. The van der Waals surface area contributed by atoms with E-state index in [9.17, 15) is 4.39 Å². The summed E-state index contributed by atoms with van der Waals surface area (Å²) >= 11 is 0. The highest BCUT2D eigenvalue weighted by Gasteiger charge is 2.10. The Morgan fingerprint density at radius 2 is 2.00 bits per heavy atom. The van der Waals surface area contributed by atoms with Crippen LogP contribution >= 0.6 is 0 Å². The third-order valence-corrected chi connectivity index (χ3v) is 2.16. The molecule has 0 radical (unpaired) electrons. The van der Waals surface area contributed by atoms with Gasteiger partial charge in [-0.15, -0.1) is 0 Å². The van der Waals surface area contributed by atoms with Gasteiger partial charge in [-0.2, -0.15) is 0 Å². The van der Waals surface area contributed by atoms with Gasteiger partial charge in [0.2, 0.25) is 0 Å². The number of hydrogen-bond donors (Lipinski definition) is 2. The topological polar surface area (TPSA) is 64.4 Å². The second kappa shape index (κ2) is 5.11. The molecule has 0 aliphatic carbocycles. The number of allylic oxidation sites excluding steroid dienone is 1. The second-order valence-corrected chi connectivity index (χ2v) is 3.14. The summed E-state index contributed by atoms with van der Waals surface area (Å²) in [5.41, 5.74) is 12.5. The van der Waals surface area contributed by atoms with Crippen LogP contribution in [0, 0.1) is 5.82 Å². The Bertz CT molecular complexity index is 461. The highest BCUT2D eigenvalue weighted by Crippen LogP contribution is 2.22. The van der Waals surface area contributed by atoms with Crippen LogP contribution in [-0.4, -0.2) is 6.72 Å². The van der Waals surface area contributed by atoms with Crippen LogP contribution in [0.3, 0.4) is 0 Å². The predicted molar refractivity (Wildman–Crippen MR) is 65.0 cm³/mol. The van der Waals surface area contributed by atoms with Gasteiger partial charge in [0, 0.05) is 5.56 Å². The van der Waals surface area contributed by atoms with E-state index in [1.165, 1.54) is 6.07 Å². The van der Waals surface area contributed by atoms with Crippen molar-refractivity contribution in [1.29, 1.82) is 0 Å². The Kier molecular flexibility index (Phi) is 3.83. The summed E-state index contributed by atoms with van der Waals surface area (Å²) in [6, 6.07) is 6.20. The van der Waals surface area contributed by atoms with E-state index in [-0.39, 0.29) is 11.4 Å². The molecular weight excluding hydrogens is 205 g/mol. The van der Waals surface area contributed by atoms with Gasteiger partial charge in [-0.1, -0.05) is 18.2 Å². The molecule has 0 saturated carbocycles. The van der Waals surface area contributed by atoms with Crippen LogP contribution < -0.4 is 11.5 Å². The largest absolute Gasteiger partial charge is 0.397 e. The third-order valence-electron chi connectivity index (χ3n) is 2.16. The van der Waals surface area contributed by atoms with Crippen molar-refractivity contribution in [3.8, 4) is 0 Å². The summed E-state index contributed by atoms with van der Waals surface area (Å²) in [4.78, 5) is 3.73. The Morgan fingerprint density at radius 1 is 1.38 bits per heavy atom. The second-order valence-electron chi connectivity index (χ2n) is 3.14. The van der Waals surface area contributed by atoms with Crippen molar-refractivity contribution in [3.63, 3.8) is 0 Å². The number of halogens is 1. The number of nitrogens with two attached hydrogens (primary N) is 2. The van der Waals surface area contributed by atoms with Crippen LogP contribution in [0.2, 0.25) is 0 Å². The van der Waals surface area contributed by atoms with Crippen LogP contribution in [-0.2, 0) is 0 Å². The fourth-order valence-corrected chi connectivity index (χ4v) is 1.26. The molecule has 0 unspecified atom stereocenters. The van der Waals surface area contributed by atoms with Gasteiger partial charge in [0.05, 0.1) is 17.1 Å². The van der Waals surface area contributed by atoms with Gasteiger partial charge in [-0.05, 0) is 25.8 Å². The molecule has 1 aromatic rings. The van der Waals surface area contributed by atoms with E-state index in [1.54, 1.807) is 31.2 Å². The number of nitrogens with zero attached hydrogens (tertiary/aromatic N) is 1. The highest BCUT2D eigenvalue weighted by atomic mass is 19.1. The molecule has 16 heavy (non-hydrogen) atoms. The summed E-state index contributed by atoms with van der Waals surface area (Å²) < 4.78 is 13.5. The van der Waals surface area contributed by atoms with Gasteiger partial charge >= 0.3 is 0 Å². The summed E-state index contributed by atoms with van der Waals surface area (Å²) in [5.74, 6) is -0.406. The van der Waals surface area contributed by atoms with Gasteiger partial charge in [0.15, 0.2) is 0 Å². The summed E-state index contributed by atoms with van der Waals surface area (Å²) in [6.07, 6.45) is 1.63. The normalized spacial score (nSPS) is 13.2. The van der Waals surface area contributed by atoms with E-state index in [2.05, 4.69) is 11.7 Å². The molecule has 3 nitrogen and oxygen atoms in total. The molecule has 4 N–H and O–H groups in total. The minimum absolute atomic E-state index is 0.225. The molecule has 1 aromatic carbocycles. The molecule has 0 saturated heterocycles. The predicted octanol–water partition coefficient (Wildman–Crippen LogP) is 2.02. The lowest BCUT2D eigenvalue weighted by Gasteiger charge is -2.08. The average Bonchev–Trinajstić information content (AvgIpc) is 2.31. The lowest BCUT2D eigenvalue weighted by atomic mass is 10.1. The maximum atomic E-state index is 13.5. The van der Waals surface area contributed by atoms with Crippen molar-refractivity contribution in [3.05, 3.63) is 53.1 Å². The van der Waals surface area contributed by atoms with E-state index in [1.807, 2.05) is 0 Å². The Balaban J connectivity index is 3.39. The van der Waals surface area contributed by atoms with Crippen molar-refractivity contribution < 1.29 is 4.39 Å². The van der Waals surface area contributed by atoms with Crippen molar-refractivity contribution in [1.82, 2.24) is 0 Å². The smallest absolute Gasteiger partial charge is 0.132 e. The molecule has 0 fully saturated rings. The van der Waals surface area contributed by atoms with Gasteiger partial charge in [-0.3, -0.25) is 4.99 Å². The van der Waals surface area contributed by atoms with E-state index >= 15 is 0 Å². The molecule has 4 heteroatoms. The third kappa shape index (κ3) is 2.28. The zero-order valence-corrected chi connectivity index (χ0v) is 9.07. The first-order chi connectivity index (χ1) is 7.61.